The summed E-state index contributed by atoms with van der Waals surface area (Å²) >= 11 is 0. The standard InChI is InChI=1S/C15H28N2O/c1-4-7-8-13(6-3)14(18)12-15-16-9-11-17(15)10-5-2/h9,11,13-14,18H,4-8,10,12H2,1-3H3. The van der Waals surface area contributed by atoms with E-state index in [2.05, 4.69) is 30.3 Å². The van der Waals surface area contributed by atoms with Crippen LogP contribution in [0, 0.1) is 5.92 Å². The molecule has 0 fully saturated rings. The molecule has 3 heteroatoms. The maximum atomic E-state index is 10.3. The van der Waals surface area contributed by atoms with Gasteiger partial charge in [-0.2, -0.15) is 0 Å². The molecule has 104 valence electrons. The van der Waals surface area contributed by atoms with Crippen molar-refractivity contribution in [2.75, 3.05) is 0 Å². The van der Waals surface area contributed by atoms with Crippen molar-refractivity contribution in [3.63, 3.8) is 0 Å². The maximum Gasteiger partial charge on any atom is 0.111 e. The highest BCUT2D eigenvalue weighted by Crippen LogP contribution is 2.19. The summed E-state index contributed by atoms with van der Waals surface area (Å²) in [6.07, 6.45) is 9.98. The molecule has 0 saturated heterocycles. The number of aryl methyl sites for hydroxylation is 1. The van der Waals surface area contributed by atoms with E-state index in [9.17, 15) is 5.11 Å². The second-order valence-electron chi connectivity index (χ2n) is 5.12. The van der Waals surface area contributed by atoms with Crippen molar-refractivity contribution in [3.8, 4) is 0 Å². The molecule has 0 aliphatic rings. The predicted molar refractivity (Wildman–Crippen MR) is 75.5 cm³/mol. The van der Waals surface area contributed by atoms with E-state index in [0.29, 0.717) is 12.3 Å². The first-order chi connectivity index (χ1) is 8.72. The third-order valence-electron chi connectivity index (χ3n) is 3.65. The number of nitrogens with zero attached hydrogens (tertiary/aromatic N) is 2. The van der Waals surface area contributed by atoms with Crippen molar-refractivity contribution in [3.05, 3.63) is 18.2 Å². The topological polar surface area (TPSA) is 38.1 Å². The molecule has 1 aromatic rings. The van der Waals surface area contributed by atoms with Crippen LogP contribution in [0.15, 0.2) is 12.4 Å². The number of aromatic nitrogens is 2. The average molecular weight is 252 g/mol. The molecule has 1 heterocycles. The van der Waals surface area contributed by atoms with Gasteiger partial charge in [-0.15, -0.1) is 0 Å². The molecule has 0 radical (unpaired) electrons. The van der Waals surface area contributed by atoms with Gasteiger partial charge >= 0.3 is 0 Å². The third kappa shape index (κ3) is 4.45. The van der Waals surface area contributed by atoms with Gasteiger partial charge in [0.2, 0.25) is 0 Å². The van der Waals surface area contributed by atoms with Gasteiger partial charge in [-0.25, -0.2) is 4.98 Å². The highest BCUT2D eigenvalue weighted by molar-refractivity contribution is 4.95. The fourth-order valence-electron chi connectivity index (χ4n) is 2.46. The van der Waals surface area contributed by atoms with Crippen LogP contribution in [-0.4, -0.2) is 20.8 Å². The molecule has 1 aromatic heterocycles. The minimum absolute atomic E-state index is 0.250. The largest absolute Gasteiger partial charge is 0.392 e. The summed E-state index contributed by atoms with van der Waals surface area (Å²) in [4.78, 5) is 4.37. The molecule has 18 heavy (non-hydrogen) atoms. The lowest BCUT2D eigenvalue weighted by atomic mass is 9.91. The highest BCUT2D eigenvalue weighted by Gasteiger charge is 2.19. The molecule has 0 spiro atoms. The number of imidazole rings is 1. The van der Waals surface area contributed by atoms with Gasteiger partial charge in [0.25, 0.3) is 0 Å². The fraction of sp³-hybridized carbons (Fsp3) is 0.800. The molecule has 0 aliphatic carbocycles. The molecule has 0 aliphatic heterocycles. The number of hydrogen-bond acceptors (Lipinski definition) is 2. The quantitative estimate of drug-likeness (QED) is 0.731. The second-order valence-corrected chi connectivity index (χ2v) is 5.12. The normalized spacial score (nSPS) is 14.7. The smallest absolute Gasteiger partial charge is 0.111 e. The summed E-state index contributed by atoms with van der Waals surface area (Å²) in [5.74, 6) is 1.44. The number of aliphatic hydroxyl groups is 1. The van der Waals surface area contributed by atoms with Crippen LogP contribution in [0.5, 0.6) is 0 Å². The van der Waals surface area contributed by atoms with E-state index in [0.717, 1.165) is 31.6 Å². The van der Waals surface area contributed by atoms with E-state index in [-0.39, 0.29) is 6.10 Å². The Morgan fingerprint density at radius 1 is 1.28 bits per heavy atom. The number of rotatable bonds is 9. The van der Waals surface area contributed by atoms with Crippen LogP contribution in [0.3, 0.4) is 0 Å². The van der Waals surface area contributed by atoms with Crippen LogP contribution in [0.2, 0.25) is 0 Å². The predicted octanol–water partition coefficient (Wildman–Crippen LogP) is 3.41. The first kappa shape index (κ1) is 15.2. The molecule has 2 unspecified atom stereocenters. The lowest BCUT2D eigenvalue weighted by Gasteiger charge is -2.21. The van der Waals surface area contributed by atoms with Gasteiger partial charge in [-0.1, -0.05) is 40.0 Å². The van der Waals surface area contributed by atoms with Crippen molar-refractivity contribution in [1.82, 2.24) is 9.55 Å². The van der Waals surface area contributed by atoms with Crippen molar-refractivity contribution in [1.29, 1.82) is 0 Å². The zero-order valence-electron chi connectivity index (χ0n) is 12.1. The van der Waals surface area contributed by atoms with E-state index in [1.54, 1.807) is 0 Å². The molecule has 0 aromatic carbocycles. The van der Waals surface area contributed by atoms with Crippen LogP contribution in [0.1, 0.15) is 58.7 Å². The molecule has 0 saturated carbocycles. The first-order valence-electron chi connectivity index (χ1n) is 7.40. The summed E-state index contributed by atoms with van der Waals surface area (Å²) in [5, 5.41) is 10.3. The monoisotopic (exact) mass is 252 g/mol. The van der Waals surface area contributed by atoms with Gasteiger partial charge in [0.1, 0.15) is 5.82 Å². The van der Waals surface area contributed by atoms with Crippen molar-refractivity contribution < 1.29 is 5.11 Å². The highest BCUT2D eigenvalue weighted by atomic mass is 16.3. The molecule has 2 atom stereocenters. The van der Waals surface area contributed by atoms with Crippen molar-refractivity contribution in [2.45, 2.75) is 71.9 Å². The Morgan fingerprint density at radius 2 is 2.06 bits per heavy atom. The zero-order valence-corrected chi connectivity index (χ0v) is 12.1. The molecular formula is C15H28N2O. The summed E-state index contributed by atoms with van der Waals surface area (Å²) in [6.45, 7) is 7.53. The molecular weight excluding hydrogens is 224 g/mol. The van der Waals surface area contributed by atoms with Gasteiger partial charge < -0.3 is 9.67 Å². The maximum absolute atomic E-state index is 10.3. The van der Waals surface area contributed by atoms with Crippen LogP contribution in [0.4, 0.5) is 0 Å². The van der Waals surface area contributed by atoms with E-state index in [1.165, 1.54) is 12.8 Å². The van der Waals surface area contributed by atoms with Crippen LogP contribution < -0.4 is 0 Å². The second kappa shape index (κ2) is 8.30. The Morgan fingerprint density at radius 3 is 2.67 bits per heavy atom. The Kier molecular flexibility index (Phi) is 7.02. The van der Waals surface area contributed by atoms with Gasteiger partial charge in [0.05, 0.1) is 6.10 Å². The van der Waals surface area contributed by atoms with Crippen LogP contribution in [-0.2, 0) is 13.0 Å². The lowest BCUT2D eigenvalue weighted by Crippen LogP contribution is -2.24. The average Bonchev–Trinajstić information content (AvgIpc) is 2.78. The lowest BCUT2D eigenvalue weighted by molar-refractivity contribution is 0.0959. The molecule has 0 bridgehead atoms. The summed E-state index contributed by atoms with van der Waals surface area (Å²) in [6, 6.07) is 0. The van der Waals surface area contributed by atoms with E-state index in [4.69, 9.17) is 0 Å². The van der Waals surface area contributed by atoms with Crippen molar-refractivity contribution >= 4 is 0 Å². The molecule has 1 rings (SSSR count). The zero-order chi connectivity index (χ0) is 13.4. The van der Waals surface area contributed by atoms with E-state index in [1.807, 2.05) is 12.4 Å². The van der Waals surface area contributed by atoms with Gasteiger partial charge in [-0.3, -0.25) is 0 Å². The fourth-order valence-corrected chi connectivity index (χ4v) is 2.46. The Hall–Kier alpha value is -0.830. The molecule has 1 N–H and O–H groups in total. The number of unbranched alkanes of at least 4 members (excludes halogenated alkanes) is 1. The third-order valence-corrected chi connectivity index (χ3v) is 3.65. The van der Waals surface area contributed by atoms with E-state index >= 15 is 0 Å². The summed E-state index contributed by atoms with van der Waals surface area (Å²) < 4.78 is 2.16. The van der Waals surface area contributed by atoms with Crippen LogP contribution >= 0.6 is 0 Å². The molecule has 3 nitrogen and oxygen atoms in total. The van der Waals surface area contributed by atoms with Gasteiger partial charge in [0, 0.05) is 25.4 Å². The number of hydrogen-bond donors (Lipinski definition) is 1. The molecule has 0 amide bonds. The van der Waals surface area contributed by atoms with Gasteiger partial charge in [0.15, 0.2) is 0 Å². The Balaban J connectivity index is 2.55. The van der Waals surface area contributed by atoms with Crippen LogP contribution in [0.25, 0.3) is 0 Å². The van der Waals surface area contributed by atoms with Gasteiger partial charge in [-0.05, 0) is 18.8 Å². The van der Waals surface area contributed by atoms with E-state index < -0.39 is 0 Å². The first-order valence-corrected chi connectivity index (χ1v) is 7.40. The van der Waals surface area contributed by atoms with Crippen molar-refractivity contribution in [2.24, 2.45) is 5.92 Å². The minimum Gasteiger partial charge on any atom is -0.392 e. The minimum atomic E-state index is -0.250. The summed E-state index contributed by atoms with van der Waals surface area (Å²) in [5.41, 5.74) is 0. The Bertz CT molecular complexity index is 322. The Labute approximate surface area is 111 Å². The number of aliphatic hydroxyl groups excluding tert-OH is 1. The summed E-state index contributed by atoms with van der Waals surface area (Å²) in [7, 11) is 0. The SMILES string of the molecule is CCCCC(CC)C(O)Cc1nccn1CCC.